The van der Waals surface area contributed by atoms with E-state index in [4.69, 9.17) is 4.74 Å². The number of aliphatic imine (C=N–C) groups is 1. The lowest BCUT2D eigenvalue weighted by atomic mass is 10.2. The summed E-state index contributed by atoms with van der Waals surface area (Å²) in [6.07, 6.45) is 0. The van der Waals surface area contributed by atoms with Gasteiger partial charge in [0.2, 0.25) is 0 Å². The standard InChI is InChI=1S/C21H16N2O3S/c24-27(25)16-20(17-10-4-1-5-11-17)26-21(22-18-12-6-2-7-13-18)23(27)19-14-8-3-9-15-19/h1-16H. The Labute approximate surface area is 157 Å². The lowest BCUT2D eigenvalue weighted by molar-refractivity contribution is 0.491. The Hall–Kier alpha value is -3.38. The van der Waals surface area contributed by atoms with E-state index in [2.05, 4.69) is 4.99 Å². The fraction of sp³-hybridized carbons (Fsp3) is 0. The lowest BCUT2D eigenvalue weighted by Crippen LogP contribution is -2.40. The van der Waals surface area contributed by atoms with Crippen LogP contribution in [0.4, 0.5) is 11.4 Å². The summed E-state index contributed by atoms with van der Waals surface area (Å²) < 4.78 is 33.2. The molecular formula is C21H16N2O3S. The minimum Gasteiger partial charge on any atom is -0.423 e. The number of hydrogen-bond acceptors (Lipinski definition) is 4. The van der Waals surface area contributed by atoms with Crippen molar-refractivity contribution in [3.63, 3.8) is 0 Å². The van der Waals surface area contributed by atoms with E-state index in [9.17, 15) is 8.42 Å². The first kappa shape index (κ1) is 17.1. The average molecular weight is 376 g/mol. The SMILES string of the molecule is O=S1(=O)C=C(c2ccccc2)OC(=Nc2ccccc2)N1c1ccccc1. The number of sulfonamides is 1. The van der Waals surface area contributed by atoms with Crippen LogP contribution in [0.25, 0.3) is 5.76 Å². The van der Waals surface area contributed by atoms with Gasteiger partial charge in [0, 0.05) is 5.56 Å². The number of anilines is 1. The number of ether oxygens (including phenoxy) is 1. The molecule has 0 radical (unpaired) electrons. The summed E-state index contributed by atoms with van der Waals surface area (Å²) >= 11 is 0. The maximum Gasteiger partial charge on any atom is 0.317 e. The van der Waals surface area contributed by atoms with Crippen molar-refractivity contribution in [2.24, 2.45) is 4.99 Å². The van der Waals surface area contributed by atoms with Gasteiger partial charge in [0.1, 0.15) is 0 Å². The van der Waals surface area contributed by atoms with Crippen LogP contribution in [-0.4, -0.2) is 14.4 Å². The molecule has 0 aliphatic carbocycles. The van der Waals surface area contributed by atoms with Gasteiger partial charge < -0.3 is 4.74 Å². The Morgan fingerprint density at radius 2 is 1.30 bits per heavy atom. The van der Waals surface area contributed by atoms with E-state index in [-0.39, 0.29) is 11.8 Å². The van der Waals surface area contributed by atoms with Crippen LogP contribution in [0, 0.1) is 0 Å². The number of nitrogens with zero attached hydrogens (tertiary/aromatic N) is 2. The number of amidine groups is 1. The Kier molecular flexibility index (Phi) is 4.48. The first-order valence-corrected chi connectivity index (χ1v) is 9.83. The molecule has 5 nitrogen and oxygen atoms in total. The summed E-state index contributed by atoms with van der Waals surface area (Å²) in [6, 6.07) is 26.9. The van der Waals surface area contributed by atoms with E-state index in [0.717, 1.165) is 9.71 Å². The molecule has 1 aliphatic rings. The number of para-hydroxylation sites is 2. The molecule has 6 heteroatoms. The molecule has 3 aromatic carbocycles. The Morgan fingerprint density at radius 3 is 1.93 bits per heavy atom. The molecule has 0 spiro atoms. The molecule has 4 rings (SSSR count). The fourth-order valence-electron chi connectivity index (χ4n) is 2.69. The van der Waals surface area contributed by atoms with E-state index in [1.165, 1.54) is 0 Å². The number of rotatable bonds is 3. The van der Waals surface area contributed by atoms with Crippen LogP contribution < -0.4 is 4.31 Å². The highest BCUT2D eigenvalue weighted by Crippen LogP contribution is 2.31. The quantitative estimate of drug-likeness (QED) is 0.674. The third-order valence-electron chi connectivity index (χ3n) is 3.92. The molecule has 1 aliphatic heterocycles. The summed E-state index contributed by atoms with van der Waals surface area (Å²) in [5.74, 6) is 0.234. The zero-order chi connectivity index (χ0) is 18.7. The average Bonchev–Trinajstić information content (AvgIpc) is 2.69. The van der Waals surface area contributed by atoms with Crippen molar-refractivity contribution in [2.45, 2.75) is 0 Å². The van der Waals surface area contributed by atoms with E-state index in [1.54, 1.807) is 48.5 Å². The normalized spacial score (nSPS) is 17.3. The van der Waals surface area contributed by atoms with Crippen molar-refractivity contribution in [1.82, 2.24) is 0 Å². The van der Waals surface area contributed by atoms with Crippen LogP contribution in [0.1, 0.15) is 5.56 Å². The summed E-state index contributed by atoms with van der Waals surface area (Å²) in [5, 5.41) is 1.12. The van der Waals surface area contributed by atoms with Gasteiger partial charge in [-0.25, -0.2) is 8.42 Å². The van der Waals surface area contributed by atoms with Crippen molar-refractivity contribution in [3.8, 4) is 0 Å². The lowest BCUT2D eigenvalue weighted by Gasteiger charge is -2.28. The predicted octanol–water partition coefficient (Wildman–Crippen LogP) is 4.54. The Morgan fingerprint density at radius 1 is 0.741 bits per heavy atom. The molecule has 0 saturated heterocycles. The monoisotopic (exact) mass is 376 g/mol. The summed E-state index contributed by atoms with van der Waals surface area (Å²) in [6.45, 7) is 0. The van der Waals surface area contributed by atoms with Gasteiger partial charge in [-0.1, -0.05) is 66.7 Å². The first-order chi connectivity index (χ1) is 13.1. The van der Waals surface area contributed by atoms with Crippen molar-refractivity contribution in [3.05, 3.63) is 102 Å². The Balaban J connectivity index is 1.88. The molecule has 0 fully saturated rings. The van der Waals surface area contributed by atoms with Crippen molar-refractivity contribution in [1.29, 1.82) is 0 Å². The molecule has 1 heterocycles. The smallest absolute Gasteiger partial charge is 0.317 e. The van der Waals surface area contributed by atoms with Gasteiger partial charge in [0.15, 0.2) is 5.76 Å². The highest BCUT2D eigenvalue weighted by Gasteiger charge is 2.34. The molecule has 0 unspecified atom stereocenters. The molecule has 0 bridgehead atoms. The molecule has 0 aromatic heterocycles. The third kappa shape index (κ3) is 3.61. The van der Waals surface area contributed by atoms with Gasteiger partial charge in [0.25, 0.3) is 10.0 Å². The molecule has 0 amide bonds. The molecule has 0 N–H and O–H groups in total. The maximum atomic E-state index is 13.1. The number of hydrogen-bond donors (Lipinski definition) is 0. The van der Waals surface area contributed by atoms with Crippen LogP contribution in [-0.2, 0) is 14.8 Å². The van der Waals surface area contributed by atoms with E-state index < -0.39 is 10.0 Å². The van der Waals surface area contributed by atoms with Crippen LogP contribution >= 0.6 is 0 Å². The van der Waals surface area contributed by atoms with Gasteiger partial charge in [-0.3, -0.25) is 0 Å². The molecular weight excluding hydrogens is 360 g/mol. The highest BCUT2D eigenvalue weighted by molar-refractivity contribution is 7.96. The molecule has 0 saturated carbocycles. The van der Waals surface area contributed by atoms with Gasteiger partial charge in [-0.05, 0) is 24.3 Å². The second-order valence-corrected chi connectivity index (χ2v) is 7.46. The minimum atomic E-state index is -3.83. The second-order valence-electron chi connectivity index (χ2n) is 5.83. The minimum absolute atomic E-state index is 0.0197. The van der Waals surface area contributed by atoms with Crippen molar-refractivity contribution < 1.29 is 13.2 Å². The van der Waals surface area contributed by atoms with Crippen LogP contribution in [0.5, 0.6) is 0 Å². The molecule has 134 valence electrons. The first-order valence-electron chi connectivity index (χ1n) is 8.33. The van der Waals surface area contributed by atoms with Crippen LogP contribution in [0.2, 0.25) is 0 Å². The van der Waals surface area contributed by atoms with Crippen molar-refractivity contribution in [2.75, 3.05) is 4.31 Å². The second kappa shape index (κ2) is 7.09. The topological polar surface area (TPSA) is 59.0 Å². The number of benzene rings is 3. The zero-order valence-electron chi connectivity index (χ0n) is 14.3. The molecule has 27 heavy (non-hydrogen) atoms. The zero-order valence-corrected chi connectivity index (χ0v) is 15.1. The third-order valence-corrected chi connectivity index (χ3v) is 5.30. The summed E-state index contributed by atoms with van der Waals surface area (Å²) in [7, 11) is -3.83. The van der Waals surface area contributed by atoms with E-state index >= 15 is 0 Å². The summed E-state index contributed by atoms with van der Waals surface area (Å²) in [5.41, 5.74) is 1.71. The fourth-order valence-corrected chi connectivity index (χ4v) is 3.96. The van der Waals surface area contributed by atoms with Gasteiger partial charge >= 0.3 is 6.02 Å². The largest absolute Gasteiger partial charge is 0.423 e. The maximum absolute atomic E-state index is 13.1. The summed E-state index contributed by atoms with van der Waals surface area (Å²) in [4.78, 5) is 4.45. The van der Waals surface area contributed by atoms with Gasteiger partial charge in [-0.15, -0.1) is 0 Å². The predicted molar refractivity (Wildman–Crippen MR) is 107 cm³/mol. The van der Waals surface area contributed by atoms with E-state index in [0.29, 0.717) is 16.9 Å². The Bertz CT molecular complexity index is 1090. The van der Waals surface area contributed by atoms with Crippen LogP contribution in [0.15, 0.2) is 101 Å². The molecule has 3 aromatic rings. The highest BCUT2D eigenvalue weighted by atomic mass is 32.2. The van der Waals surface area contributed by atoms with E-state index in [1.807, 2.05) is 42.5 Å². The van der Waals surface area contributed by atoms with Crippen LogP contribution in [0.3, 0.4) is 0 Å². The molecule has 0 atom stereocenters. The van der Waals surface area contributed by atoms with Gasteiger partial charge in [-0.2, -0.15) is 9.30 Å². The van der Waals surface area contributed by atoms with Crippen molar-refractivity contribution >= 4 is 33.2 Å². The van der Waals surface area contributed by atoms with Gasteiger partial charge in [0.05, 0.1) is 16.8 Å².